The van der Waals surface area contributed by atoms with Gasteiger partial charge in [0.15, 0.2) is 0 Å². The van der Waals surface area contributed by atoms with Crippen molar-refractivity contribution in [2.45, 2.75) is 24.7 Å². The van der Waals surface area contributed by atoms with E-state index in [-0.39, 0.29) is 24.8 Å². The van der Waals surface area contributed by atoms with E-state index in [4.69, 9.17) is 9.47 Å². The van der Waals surface area contributed by atoms with E-state index in [9.17, 15) is 23.1 Å². The maximum atomic E-state index is 13.1. The van der Waals surface area contributed by atoms with Crippen LogP contribution in [0, 0.1) is 5.92 Å². The van der Waals surface area contributed by atoms with E-state index < -0.39 is 29.2 Å². The summed E-state index contributed by atoms with van der Waals surface area (Å²) in [4.78, 5) is 11.3. The van der Waals surface area contributed by atoms with Gasteiger partial charge in [-0.2, -0.15) is 13.2 Å². The smallest absolute Gasteiger partial charge is 0.419 e. The van der Waals surface area contributed by atoms with Crippen molar-refractivity contribution in [2.75, 3.05) is 13.2 Å². The number of carboxylic acids is 1. The topological polar surface area (TPSA) is 92.5 Å². The Labute approximate surface area is 134 Å². The number of nitrogens with zero attached hydrogens (tertiary/aromatic N) is 2. The largest absolute Gasteiger partial charge is 0.493 e. The van der Waals surface area contributed by atoms with Crippen LogP contribution in [0.5, 0.6) is 11.5 Å². The second-order valence-electron chi connectivity index (χ2n) is 5.64. The first kappa shape index (κ1) is 16.3. The van der Waals surface area contributed by atoms with E-state index in [0.717, 1.165) is 31.0 Å². The molecule has 3 rings (SSSR count). The van der Waals surface area contributed by atoms with Crippen LogP contribution in [0.3, 0.4) is 0 Å². The lowest BCUT2D eigenvalue weighted by Crippen LogP contribution is -2.46. The molecule has 1 atom stereocenters. The Morgan fingerprint density at radius 3 is 2.71 bits per heavy atom. The number of ether oxygens (including phenoxy) is 2. The van der Waals surface area contributed by atoms with Crippen LogP contribution in [0.25, 0.3) is 0 Å². The lowest BCUT2D eigenvalue weighted by atomic mass is 10.1. The molecule has 0 bridgehead atoms. The minimum atomic E-state index is -4.59. The summed E-state index contributed by atoms with van der Waals surface area (Å²) in [7, 11) is 0. The first-order valence-electron chi connectivity index (χ1n) is 7.21. The van der Waals surface area contributed by atoms with Gasteiger partial charge in [-0.05, 0) is 30.9 Å². The van der Waals surface area contributed by atoms with Crippen molar-refractivity contribution in [3.63, 3.8) is 0 Å². The third-order valence-electron chi connectivity index (χ3n) is 3.65. The van der Waals surface area contributed by atoms with E-state index in [2.05, 4.69) is 15.8 Å². The molecule has 1 unspecified atom stereocenters. The van der Waals surface area contributed by atoms with Crippen molar-refractivity contribution in [3.05, 3.63) is 23.8 Å². The van der Waals surface area contributed by atoms with E-state index in [1.54, 1.807) is 0 Å². The van der Waals surface area contributed by atoms with E-state index in [1.807, 2.05) is 0 Å². The van der Waals surface area contributed by atoms with Gasteiger partial charge in [0.2, 0.25) is 0 Å². The van der Waals surface area contributed by atoms with Crippen molar-refractivity contribution in [3.8, 4) is 11.5 Å². The molecule has 130 valence electrons. The van der Waals surface area contributed by atoms with Crippen LogP contribution in [0.4, 0.5) is 13.2 Å². The lowest BCUT2D eigenvalue weighted by molar-refractivity contribution is -0.153. The molecule has 10 heteroatoms. The fraction of sp³-hybridized carbons (Fsp3) is 0.500. The quantitative estimate of drug-likeness (QED) is 0.827. The molecular formula is C14H14F3N3O4. The third kappa shape index (κ3) is 3.36. The van der Waals surface area contributed by atoms with Gasteiger partial charge in [-0.1, -0.05) is 5.22 Å². The summed E-state index contributed by atoms with van der Waals surface area (Å²) >= 11 is 0. The molecule has 1 aromatic carbocycles. The summed E-state index contributed by atoms with van der Waals surface area (Å²) in [6, 6.07) is 2.86. The Morgan fingerprint density at radius 1 is 1.42 bits per heavy atom. The van der Waals surface area contributed by atoms with Gasteiger partial charge in [-0.15, -0.1) is 5.11 Å². The second kappa shape index (κ2) is 5.84. The maximum absolute atomic E-state index is 13.1. The lowest BCUT2D eigenvalue weighted by Gasteiger charge is -2.21. The van der Waals surface area contributed by atoms with Crippen molar-refractivity contribution < 1.29 is 32.5 Å². The van der Waals surface area contributed by atoms with Crippen LogP contribution in [0.15, 0.2) is 28.5 Å². The van der Waals surface area contributed by atoms with E-state index in [1.165, 1.54) is 0 Å². The first-order chi connectivity index (χ1) is 11.3. The van der Waals surface area contributed by atoms with Gasteiger partial charge in [-0.3, -0.25) is 5.43 Å². The van der Waals surface area contributed by atoms with Gasteiger partial charge < -0.3 is 14.6 Å². The number of carboxylic acid groups (broad SMARTS) is 1. The second-order valence-corrected chi connectivity index (χ2v) is 5.64. The van der Waals surface area contributed by atoms with E-state index in [0.29, 0.717) is 0 Å². The summed E-state index contributed by atoms with van der Waals surface area (Å²) in [5.41, 5.74) is -0.591. The molecule has 0 saturated heterocycles. The highest BCUT2D eigenvalue weighted by molar-refractivity contribution is 5.78. The number of rotatable bonds is 6. The van der Waals surface area contributed by atoms with Crippen molar-refractivity contribution in [1.29, 1.82) is 0 Å². The number of hydrogen-bond acceptors (Lipinski definition) is 6. The van der Waals surface area contributed by atoms with Gasteiger partial charge >= 0.3 is 17.9 Å². The van der Waals surface area contributed by atoms with Gasteiger partial charge in [0.1, 0.15) is 18.0 Å². The summed E-state index contributed by atoms with van der Waals surface area (Å²) in [5, 5.41) is 16.1. The molecule has 1 heterocycles. The van der Waals surface area contributed by atoms with Gasteiger partial charge in [0, 0.05) is 6.07 Å². The summed E-state index contributed by atoms with van der Waals surface area (Å²) in [6.07, 6.45) is -2.74. The molecule has 24 heavy (non-hydrogen) atoms. The van der Waals surface area contributed by atoms with Gasteiger partial charge in [-0.25, -0.2) is 4.79 Å². The Balaban J connectivity index is 1.86. The highest BCUT2D eigenvalue weighted by Gasteiger charge is 2.45. The monoisotopic (exact) mass is 345 g/mol. The molecule has 2 aliphatic rings. The summed E-state index contributed by atoms with van der Waals surface area (Å²) in [5.74, 6) is -1.64. The fourth-order valence-electron chi connectivity index (χ4n) is 2.12. The number of benzene rings is 1. The Morgan fingerprint density at radius 2 is 2.17 bits per heavy atom. The highest BCUT2D eigenvalue weighted by Crippen LogP contribution is 2.40. The maximum Gasteiger partial charge on any atom is 0.419 e. The molecule has 0 amide bonds. The number of aliphatic carboxylic acids is 1. The predicted molar refractivity (Wildman–Crippen MR) is 73.5 cm³/mol. The number of carbonyl (C=O) groups is 1. The molecule has 0 radical (unpaired) electrons. The zero-order chi connectivity index (χ0) is 17.4. The van der Waals surface area contributed by atoms with Crippen LogP contribution in [-0.2, 0) is 11.0 Å². The van der Waals surface area contributed by atoms with Gasteiger partial charge in [0.05, 0.1) is 12.2 Å². The first-order valence-corrected chi connectivity index (χ1v) is 7.21. The Bertz CT molecular complexity index is 676. The average Bonchev–Trinajstić information content (AvgIpc) is 3.21. The number of hydrogen-bond donors (Lipinski definition) is 2. The van der Waals surface area contributed by atoms with Crippen molar-refractivity contribution in [1.82, 2.24) is 5.43 Å². The zero-order valence-corrected chi connectivity index (χ0v) is 12.3. The summed E-state index contributed by atoms with van der Waals surface area (Å²) in [6.45, 7) is -0.0561. The minimum absolute atomic E-state index is 0.0983. The third-order valence-corrected chi connectivity index (χ3v) is 3.65. The van der Waals surface area contributed by atoms with Crippen LogP contribution in [0.1, 0.15) is 18.4 Å². The number of nitrogens with one attached hydrogen (secondary N) is 1. The van der Waals surface area contributed by atoms with Crippen molar-refractivity contribution in [2.24, 2.45) is 16.3 Å². The highest BCUT2D eigenvalue weighted by atomic mass is 19.4. The van der Waals surface area contributed by atoms with Crippen LogP contribution >= 0.6 is 0 Å². The van der Waals surface area contributed by atoms with Gasteiger partial charge in [0.25, 0.3) is 0 Å². The molecule has 2 N–H and O–H groups in total. The number of halogens is 3. The molecular weight excluding hydrogens is 331 g/mol. The van der Waals surface area contributed by atoms with Crippen LogP contribution < -0.4 is 14.9 Å². The van der Waals surface area contributed by atoms with Crippen LogP contribution in [0.2, 0.25) is 0 Å². The Kier molecular flexibility index (Phi) is 3.98. The minimum Gasteiger partial charge on any atom is -0.493 e. The average molecular weight is 345 g/mol. The van der Waals surface area contributed by atoms with Crippen LogP contribution in [-0.4, -0.2) is 30.0 Å². The molecule has 0 aromatic heterocycles. The number of alkyl halides is 3. The van der Waals surface area contributed by atoms with Crippen molar-refractivity contribution >= 4 is 5.97 Å². The molecule has 1 aliphatic carbocycles. The molecule has 1 aliphatic heterocycles. The Hall–Kier alpha value is -2.52. The molecule has 1 fully saturated rings. The van der Waals surface area contributed by atoms with E-state index >= 15 is 0 Å². The zero-order valence-electron chi connectivity index (χ0n) is 12.3. The predicted octanol–water partition coefficient (Wildman–Crippen LogP) is 2.62. The molecule has 0 spiro atoms. The fourth-order valence-corrected chi connectivity index (χ4v) is 2.12. The molecule has 1 aromatic rings. The standard InChI is InChI=1S/C14H14F3N3O4/c15-14(16,17)10-4-3-9(5-11(10)23-6-8-1-2-8)24-13(12(21)22)7-18-20-19-13/h3-5,8H,1-2,6-7H2,(H,18,19)(H,21,22). The normalized spacial score (nSPS) is 23.0. The molecule has 1 saturated carbocycles. The molecule has 7 nitrogen and oxygen atoms in total. The summed E-state index contributed by atoms with van der Waals surface area (Å²) < 4.78 is 49.8. The SMILES string of the molecule is O=C(O)C1(Oc2ccc(C(F)(F)F)c(OCC3CC3)c2)CNN=N1.